The first-order valence-electron chi connectivity index (χ1n) is 4.09. The Bertz CT molecular complexity index is 427. The number of hydrogen-bond acceptors (Lipinski definition) is 1. The molecule has 2 heteroatoms. The van der Waals surface area contributed by atoms with Gasteiger partial charge in [-0.05, 0) is 31.9 Å². The molecular weight excluding hydrogens is 148 g/mol. The van der Waals surface area contributed by atoms with Gasteiger partial charge < -0.3 is 4.40 Å². The van der Waals surface area contributed by atoms with Crippen molar-refractivity contribution in [3.63, 3.8) is 0 Å². The van der Waals surface area contributed by atoms with Crippen LogP contribution in [0.3, 0.4) is 0 Å². The number of aryl methyl sites for hydroxylation is 3. The number of pyridine rings is 1. The second-order valence-corrected chi connectivity index (χ2v) is 3.31. The molecule has 62 valence electrons. The van der Waals surface area contributed by atoms with E-state index in [9.17, 15) is 0 Å². The zero-order valence-electron chi connectivity index (χ0n) is 7.63. The van der Waals surface area contributed by atoms with Crippen molar-refractivity contribution in [2.24, 2.45) is 0 Å². The highest BCUT2D eigenvalue weighted by molar-refractivity contribution is 5.49. The first-order chi connectivity index (χ1) is 5.66. The number of hydrogen-bond donors (Lipinski definition) is 0. The monoisotopic (exact) mass is 160 g/mol. The van der Waals surface area contributed by atoms with Crippen molar-refractivity contribution >= 4 is 5.65 Å². The van der Waals surface area contributed by atoms with E-state index in [0.29, 0.717) is 0 Å². The Balaban J connectivity index is 2.88. The van der Waals surface area contributed by atoms with E-state index < -0.39 is 0 Å². The normalized spacial score (nSPS) is 10.9. The van der Waals surface area contributed by atoms with Crippen LogP contribution in [0.15, 0.2) is 18.5 Å². The fourth-order valence-electron chi connectivity index (χ4n) is 1.57. The van der Waals surface area contributed by atoms with E-state index >= 15 is 0 Å². The van der Waals surface area contributed by atoms with Crippen molar-refractivity contribution in [3.8, 4) is 0 Å². The summed E-state index contributed by atoms with van der Waals surface area (Å²) in [4.78, 5) is 4.42. The van der Waals surface area contributed by atoms with Crippen LogP contribution in [0, 0.1) is 20.8 Å². The molecular formula is C10H12N2. The summed E-state index contributed by atoms with van der Waals surface area (Å²) in [5, 5.41) is 0. The second kappa shape index (κ2) is 2.34. The zero-order chi connectivity index (χ0) is 8.72. The summed E-state index contributed by atoms with van der Waals surface area (Å²) in [6, 6.07) is 2.15. The summed E-state index contributed by atoms with van der Waals surface area (Å²) in [5.41, 5.74) is 4.65. The maximum atomic E-state index is 4.42. The Labute approximate surface area is 71.9 Å². The largest absolute Gasteiger partial charge is 0.306 e. The van der Waals surface area contributed by atoms with Gasteiger partial charge in [-0.3, -0.25) is 0 Å². The zero-order valence-corrected chi connectivity index (χ0v) is 7.63. The molecule has 2 rings (SSSR count). The van der Waals surface area contributed by atoms with E-state index in [0.717, 1.165) is 11.3 Å². The fourth-order valence-corrected chi connectivity index (χ4v) is 1.57. The lowest BCUT2D eigenvalue weighted by molar-refractivity contribution is 1.13. The molecule has 12 heavy (non-hydrogen) atoms. The predicted molar refractivity (Wildman–Crippen MR) is 49.4 cm³/mol. The van der Waals surface area contributed by atoms with Gasteiger partial charge in [0.2, 0.25) is 0 Å². The van der Waals surface area contributed by atoms with Crippen LogP contribution in [0.5, 0.6) is 0 Å². The van der Waals surface area contributed by atoms with Gasteiger partial charge in [0.05, 0.1) is 5.69 Å². The molecule has 2 aromatic heterocycles. The molecule has 0 N–H and O–H groups in total. The smallest absolute Gasteiger partial charge is 0.139 e. The molecule has 0 unspecified atom stereocenters. The maximum absolute atomic E-state index is 4.42. The molecule has 0 aliphatic rings. The second-order valence-electron chi connectivity index (χ2n) is 3.31. The Morgan fingerprint density at radius 3 is 2.67 bits per heavy atom. The molecule has 0 saturated carbocycles. The number of rotatable bonds is 0. The highest BCUT2D eigenvalue weighted by atomic mass is 15.0. The van der Waals surface area contributed by atoms with Gasteiger partial charge in [0.1, 0.15) is 5.65 Å². The molecule has 0 fully saturated rings. The standard InChI is InChI=1S/C10H12N2/c1-7-4-8(2)10-11-9(3)6-12(10)5-7/h4-6H,1-3H3. The van der Waals surface area contributed by atoms with Crippen molar-refractivity contribution in [2.45, 2.75) is 20.8 Å². The molecule has 0 aliphatic heterocycles. The third-order valence-electron chi connectivity index (χ3n) is 1.99. The van der Waals surface area contributed by atoms with E-state index in [1.807, 2.05) is 6.92 Å². The molecule has 2 heterocycles. The van der Waals surface area contributed by atoms with E-state index in [1.54, 1.807) is 0 Å². The van der Waals surface area contributed by atoms with Gasteiger partial charge in [-0.1, -0.05) is 6.07 Å². The molecule has 0 aliphatic carbocycles. The van der Waals surface area contributed by atoms with Crippen LogP contribution in [-0.4, -0.2) is 9.38 Å². The van der Waals surface area contributed by atoms with E-state index in [4.69, 9.17) is 0 Å². The van der Waals surface area contributed by atoms with Crippen LogP contribution in [0.1, 0.15) is 16.8 Å². The molecule has 0 amide bonds. The lowest BCUT2D eigenvalue weighted by atomic mass is 10.2. The number of fused-ring (bicyclic) bond motifs is 1. The molecule has 0 aromatic carbocycles. The van der Waals surface area contributed by atoms with Gasteiger partial charge in [-0.2, -0.15) is 0 Å². The first kappa shape index (κ1) is 7.35. The Morgan fingerprint density at radius 1 is 1.17 bits per heavy atom. The molecule has 0 atom stereocenters. The number of imidazole rings is 1. The topological polar surface area (TPSA) is 17.3 Å². The predicted octanol–water partition coefficient (Wildman–Crippen LogP) is 2.26. The van der Waals surface area contributed by atoms with Gasteiger partial charge in [-0.25, -0.2) is 4.98 Å². The summed E-state index contributed by atoms with van der Waals surface area (Å²) in [6.45, 7) is 6.21. The molecule has 0 saturated heterocycles. The van der Waals surface area contributed by atoms with Gasteiger partial charge in [0.15, 0.2) is 0 Å². The van der Waals surface area contributed by atoms with Crippen LogP contribution in [0.2, 0.25) is 0 Å². The Hall–Kier alpha value is -1.31. The van der Waals surface area contributed by atoms with Crippen LogP contribution in [0.4, 0.5) is 0 Å². The minimum Gasteiger partial charge on any atom is -0.306 e. The summed E-state index contributed by atoms with van der Waals surface area (Å²) < 4.78 is 2.08. The van der Waals surface area contributed by atoms with Gasteiger partial charge in [0, 0.05) is 12.4 Å². The first-order valence-corrected chi connectivity index (χ1v) is 4.09. The van der Waals surface area contributed by atoms with Crippen molar-refractivity contribution in [1.82, 2.24) is 9.38 Å². The highest BCUT2D eigenvalue weighted by Crippen LogP contribution is 2.11. The summed E-state index contributed by atoms with van der Waals surface area (Å²) in [5.74, 6) is 0. The molecule has 0 spiro atoms. The highest BCUT2D eigenvalue weighted by Gasteiger charge is 2.00. The van der Waals surface area contributed by atoms with Gasteiger partial charge in [-0.15, -0.1) is 0 Å². The fraction of sp³-hybridized carbons (Fsp3) is 0.300. The van der Waals surface area contributed by atoms with Crippen molar-refractivity contribution in [3.05, 3.63) is 35.3 Å². The van der Waals surface area contributed by atoms with Gasteiger partial charge in [0.25, 0.3) is 0 Å². The van der Waals surface area contributed by atoms with Crippen LogP contribution in [0.25, 0.3) is 5.65 Å². The minimum atomic E-state index is 1.07. The van der Waals surface area contributed by atoms with Crippen LogP contribution in [-0.2, 0) is 0 Å². The maximum Gasteiger partial charge on any atom is 0.139 e. The SMILES string of the molecule is Cc1cc(C)c2nc(C)cn2c1. The Morgan fingerprint density at radius 2 is 1.92 bits per heavy atom. The van der Waals surface area contributed by atoms with E-state index in [1.165, 1.54) is 11.1 Å². The lowest BCUT2D eigenvalue weighted by Gasteiger charge is -1.98. The number of aromatic nitrogens is 2. The van der Waals surface area contributed by atoms with Crippen molar-refractivity contribution in [1.29, 1.82) is 0 Å². The summed E-state index contributed by atoms with van der Waals surface area (Å²) in [6.07, 6.45) is 4.15. The van der Waals surface area contributed by atoms with Crippen LogP contribution < -0.4 is 0 Å². The number of nitrogens with zero attached hydrogens (tertiary/aromatic N) is 2. The average Bonchev–Trinajstić information content (AvgIpc) is 2.29. The third kappa shape index (κ3) is 0.998. The van der Waals surface area contributed by atoms with E-state index in [-0.39, 0.29) is 0 Å². The van der Waals surface area contributed by atoms with Gasteiger partial charge >= 0.3 is 0 Å². The molecule has 2 nitrogen and oxygen atoms in total. The molecule has 0 bridgehead atoms. The third-order valence-corrected chi connectivity index (χ3v) is 1.99. The summed E-state index contributed by atoms with van der Waals surface area (Å²) >= 11 is 0. The lowest BCUT2D eigenvalue weighted by Crippen LogP contribution is -1.88. The average molecular weight is 160 g/mol. The Kier molecular flexibility index (Phi) is 1.43. The van der Waals surface area contributed by atoms with E-state index in [2.05, 4.69) is 41.7 Å². The quantitative estimate of drug-likeness (QED) is 0.577. The molecule has 0 radical (unpaired) electrons. The minimum absolute atomic E-state index is 1.07. The van der Waals surface area contributed by atoms with Crippen molar-refractivity contribution < 1.29 is 0 Å². The van der Waals surface area contributed by atoms with Crippen LogP contribution >= 0.6 is 0 Å². The summed E-state index contributed by atoms with van der Waals surface area (Å²) in [7, 11) is 0. The molecule has 2 aromatic rings. The van der Waals surface area contributed by atoms with Crippen molar-refractivity contribution in [2.75, 3.05) is 0 Å².